The molecule has 0 atom stereocenters. The fraction of sp³-hybridized carbons (Fsp3) is 0.312. The molecule has 0 fully saturated rings. The Morgan fingerprint density at radius 2 is 1.92 bits per heavy atom. The van der Waals surface area contributed by atoms with Crippen LogP contribution in [0.5, 0.6) is 17.2 Å². The van der Waals surface area contributed by atoms with Gasteiger partial charge in [-0.05, 0) is 41.3 Å². The zero-order chi connectivity index (χ0) is 17.7. The summed E-state index contributed by atoms with van der Waals surface area (Å²) in [5, 5.41) is -0.104. The molecular formula is C16H17NO5S2. The molecule has 0 unspecified atom stereocenters. The van der Waals surface area contributed by atoms with Crippen molar-refractivity contribution in [3.05, 3.63) is 23.4 Å². The minimum absolute atomic E-state index is 0.104. The van der Waals surface area contributed by atoms with Gasteiger partial charge in [0.25, 0.3) is 0 Å². The predicted octanol–water partition coefficient (Wildman–Crippen LogP) is 3.35. The molecule has 1 aliphatic heterocycles. The molecule has 0 aromatic heterocycles. The molecule has 0 bridgehead atoms. The Morgan fingerprint density at radius 3 is 2.42 bits per heavy atom. The molecule has 1 aromatic rings. The second-order valence-electron chi connectivity index (χ2n) is 4.58. The van der Waals surface area contributed by atoms with Gasteiger partial charge in [-0.1, -0.05) is 18.7 Å². The third-order valence-corrected chi connectivity index (χ3v) is 4.79. The first kappa shape index (κ1) is 18.4. The van der Waals surface area contributed by atoms with Crippen molar-refractivity contribution in [1.82, 2.24) is 0 Å². The Labute approximate surface area is 148 Å². The Hall–Kier alpha value is -1.93. The van der Waals surface area contributed by atoms with Crippen LogP contribution in [-0.2, 0) is 9.59 Å². The number of benzene rings is 1. The molecule has 128 valence electrons. The number of carbonyl (C=O) groups excluding carboxylic acids is 2. The van der Waals surface area contributed by atoms with Crippen molar-refractivity contribution in [2.75, 3.05) is 20.0 Å². The smallest absolute Gasteiger partial charge is 0.308 e. The highest BCUT2D eigenvalue weighted by Crippen LogP contribution is 2.40. The molecule has 0 amide bonds. The van der Waals surface area contributed by atoms with Gasteiger partial charge in [-0.3, -0.25) is 9.59 Å². The van der Waals surface area contributed by atoms with E-state index in [0.717, 1.165) is 21.9 Å². The average molecular weight is 367 g/mol. The van der Waals surface area contributed by atoms with Crippen molar-refractivity contribution in [3.8, 4) is 17.2 Å². The maximum Gasteiger partial charge on any atom is 0.308 e. The van der Waals surface area contributed by atoms with Crippen LogP contribution >= 0.6 is 23.5 Å². The van der Waals surface area contributed by atoms with Crippen LogP contribution in [0.15, 0.2) is 22.8 Å². The minimum Gasteiger partial charge on any atom is -0.493 e. The number of nitrogens with zero attached hydrogens (tertiary/aromatic N) is 1. The van der Waals surface area contributed by atoms with Crippen LogP contribution in [-0.4, -0.2) is 35.4 Å². The van der Waals surface area contributed by atoms with E-state index in [-0.39, 0.29) is 10.9 Å². The quantitative estimate of drug-likeness (QED) is 0.449. The molecule has 1 heterocycles. The molecular weight excluding hydrogens is 350 g/mol. The number of hydrogen-bond acceptors (Lipinski definition) is 8. The van der Waals surface area contributed by atoms with Gasteiger partial charge in [-0.15, -0.1) is 0 Å². The standard InChI is InChI=1S/C16H17NO5S2/c1-5-23-16-17-11(15(19)24-16)6-10-7-12(20-3)14(22-9(2)18)13(8-10)21-4/h6-8H,5H2,1-4H3. The van der Waals surface area contributed by atoms with Crippen LogP contribution in [0.1, 0.15) is 19.4 Å². The van der Waals surface area contributed by atoms with E-state index >= 15 is 0 Å². The number of thioether (sulfide) groups is 2. The van der Waals surface area contributed by atoms with Crippen LogP contribution in [0.2, 0.25) is 0 Å². The molecule has 6 nitrogen and oxygen atoms in total. The molecule has 24 heavy (non-hydrogen) atoms. The Morgan fingerprint density at radius 1 is 1.29 bits per heavy atom. The molecule has 1 aliphatic rings. The van der Waals surface area contributed by atoms with Crippen LogP contribution in [0.3, 0.4) is 0 Å². The summed E-state index contributed by atoms with van der Waals surface area (Å²) in [6, 6.07) is 3.32. The first-order valence-electron chi connectivity index (χ1n) is 7.08. The van der Waals surface area contributed by atoms with Crippen LogP contribution in [0, 0.1) is 0 Å². The monoisotopic (exact) mass is 367 g/mol. The van der Waals surface area contributed by atoms with E-state index in [0.29, 0.717) is 22.8 Å². The Bertz CT molecular complexity index is 702. The van der Waals surface area contributed by atoms with Crippen LogP contribution < -0.4 is 14.2 Å². The summed E-state index contributed by atoms with van der Waals surface area (Å²) in [5.41, 5.74) is 1.02. The molecule has 0 radical (unpaired) electrons. The zero-order valence-electron chi connectivity index (χ0n) is 13.7. The van der Waals surface area contributed by atoms with Gasteiger partial charge in [-0.2, -0.15) is 0 Å². The second kappa shape index (κ2) is 8.25. The minimum atomic E-state index is -0.481. The zero-order valence-corrected chi connectivity index (χ0v) is 15.4. The molecule has 0 N–H and O–H groups in total. The van der Waals surface area contributed by atoms with Crippen molar-refractivity contribution in [3.63, 3.8) is 0 Å². The van der Waals surface area contributed by atoms with E-state index in [1.54, 1.807) is 18.2 Å². The van der Waals surface area contributed by atoms with E-state index < -0.39 is 5.97 Å². The van der Waals surface area contributed by atoms with Gasteiger partial charge in [-0.25, -0.2) is 4.99 Å². The van der Waals surface area contributed by atoms with E-state index in [9.17, 15) is 9.59 Å². The van der Waals surface area contributed by atoms with Crippen molar-refractivity contribution in [2.45, 2.75) is 13.8 Å². The third kappa shape index (κ3) is 4.33. The number of rotatable bonds is 5. The fourth-order valence-corrected chi connectivity index (χ4v) is 3.70. The second-order valence-corrected chi connectivity index (χ2v) is 7.05. The summed E-state index contributed by atoms with van der Waals surface area (Å²) >= 11 is 2.65. The summed E-state index contributed by atoms with van der Waals surface area (Å²) in [6.45, 7) is 3.30. The maximum absolute atomic E-state index is 12.0. The van der Waals surface area contributed by atoms with Gasteiger partial charge in [0.2, 0.25) is 10.9 Å². The van der Waals surface area contributed by atoms with Crippen molar-refractivity contribution in [1.29, 1.82) is 0 Å². The highest BCUT2D eigenvalue weighted by Gasteiger charge is 2.23. The van der Waals surface area contributed by atoms with E-state index in [2.05, 4.69) is 4.99 Å². The summed E-state index contributed by atoms with van der Waals surface area (Å²) in [7, 11) is 2.92. The molecule has 8 heteroatoms. The molecule has 0 saturated carbocycles. The lowest BCUT2D eigenvalue weighted by molar-refractivity contribution is -0.132. The van der Waals surface area contributed by atoms with E-state index in [4.69, 9.17) is 14.2 Å². The maximum atomic E-state index is 12.0. The third-order valence-electron chi connectivity index (χ3n) is 2.90. The molecule has 0 spiro atoms. The Balaban J connectivity index is 2.43. The molecule has 0 saturated heterocycles. The summed E-state index contributed by atoms with van der Waals surface area (Å²) in [4.78, 5) is 27.6. The van der Waals surface area contributed by atoms with Gasteiger partial charge < -0.3 is 14.2 Å². The van der Waals surface area contributed by atoms with Crippen molar-refractivity contribution < 1.29 is 23.8 Å². The van der Waals surface area contributed by atoms with Crippen molar-refractivity contribution >= 4 is 45.1 Å². The summed E-state index contributed by atoms with van der Waals surface area (Å²) in [6.07, 6.45) is 1.65. The van der Waals surface area contributed by atoms with Gasteiger partial charge in [0.15, 0.2) is 11.5 Å². The molecule has 1 aromatic carbocycles. The SMILES string of the molecule is CCSC1=NC(=Cc2cc(OC)c(OC(C)=O)c(OC)c2)C(=O)S1. The highest BCUT2D eigenvalue weighted by atomic mass is 32.2. The Kier molecular flexibility index (Phi) is 6.33. The molecule has 0 aliphatic carbocycles. The van der Waals surface area contributed by atoms with Crippen LogP contribution in [0.4, 0.5) is 0 Å². The lowest BCUT2D eigenvalue weighted by Crippen LogP contribution is -2.05. The van der Waals surface area contributed by atoms with Gasteiger partial charge in [0.1, 0.15) is 10.1 Å². The lowest BCUT2D eigenvalue weighted by atomic mass is 10.1. The number of carbonyl (C=O) groups is 2. The summed E-state index contributed by atoms with van der Waals surface area (Å²) in [5.74, 6) is 1.24. The number of methoxy groups -OCH3 is 2. The highest BCUT2D eigenvalue weighted by molar-refractivity contribution is 8.45. The summed E-state index contributed by atoms with van der Waals surface area (Å²) < 4.78 is 16.4. The lowest BCUT2D eigenvalue weighted by Gasteiger charge is -2.13. The fourth-order valence-electron chi connectivity index (χ4n) is 1.96. The number of esters is 1. The predicted molar refractivity (Wildman–Crippen MR) is 97.0 cm³/mol. The average Bonchev–Trinajstić information content (AvgIpc) is 2.87. The van der Waals surface area contributed by atoms with Crippen molar-refractivity contribution in [2.24, 2.45) is 4.99 Å². The first-order valence-corrected chi connectivity index (χ1v) is 8.88. The normalized spacial score (nSPS) is 15.4. The topological polar surface area (TPSA) is 74.2 Å². The first-order chi connectivity index (χ1) is 11.5. The number of aliphatic imine (C=N–C) groups is 1. The number of ether oxygens (including phenoxy) is 3. The van der Waals surface area contributed by atoms with Crippen LogP contribution in [0.25, 0.3) is 6.08 Å². The number of hydrogen-bond donors (Lipinski definition) is 0. The molecule has 2 rings (SSSR count). The van der Waals surface area contributed by atoms with E-state index in [1.165, 1.54) is 32.9 Å². The largest absolute Gasteiger partial charge is 0.493 e. The van der Waals surface area contributed by atoms with Gasteiger partial charge in [0.05, 0.1) is 14.2 Å². The van der Waals surface area contributed by atoms with E-state index in [1.807, 2.05) is 6.92 Å². The van der Waals surface area contributed by atoms with Gasteiger partial charge in [0, 0.05) is 6.92 Å². The van der Waals surface area contributed by atoms with Gasteiger partial charge >= 0.3 is 5.97 Å².